The number of β-amino-alcohol motifs (C(OH)–C–C–N with tert-alkyl or cyclic N) is 1. The molecule has 134 valence electrons. The lowest BCUT2D eigenvalue weighted by Crippen LogP contribution is -2.43. The lowest BCUT2D eigenvalue weighted by Gasteiger charge is -2.32. The Labute approximate surface area is 146 Å². The zero-order valence-corrected chi connectivity index (χ0v) is 14.3. The van der Waals surface area contributed by atoms with E-state index in [4.69, 9.17) is 15.2 Å². The molecule has 3 N–H and O–H groups in total. The molecule has 0 unspecified atom stereocenters. The Morgan fingerprint density at radius 3 is 2.88 bits per heavy atom. The first-order chi connectivity index (χ1) is 12.2. The van der Waals surface area contributed by atoms with Crippen molar-refractivity contribution in [1.29, 1.82) is 0 Å². The third-order valence-corrected chi connectivity index (χ3v) is 4.73. The molecule has 8 heteroatoms. The highest BCUT2D eigenvalue weighted by atomic mass is 16.5. The molecule has 25 heavy (non-hydrogen) atoms. The summed E-state index contributed by atoms with van der Waals surface area (Å²) in [5.41, 5.74) is 7.58. The van der Waals surface area contributed by atoms with Crippen LogP contribution in [0.25, 0.3) is 0 Å². The van der Waals surface area contributed by atoms with E-state index in [-0.39, 0.29) is 6.61 Å². The normalized spacial score (nSPS) is 20.2. The van der Waals surface area contributed by atoms with Crippen LogP contribution in [0.1, 0.15) is 12.0 Å². The molecule has 1 aromatic carbocycles. The van der Waals surface area contributed by atoms with Crippen molar-refractivity contribution in [2.75, 3.05) is 46.4 Å². The number of methoxy groups -OCH3 is 1. The molecule has 4 rings (SSSR count). The molecule has 0 bridgehead atoms. The first-order valence-electron chi connectivity index (χ1n) is 8.58. The van der Waals surface area contributed by atoms with Crippen molar-refractivity contribution >= 4 is 17.5 Å². The molecule has 0 amide bonds. The van der Waals surface area contributed by atoms with E-state index in [9.17, 15) is 5.11 Å². The number of benzene rings is 1. The minimum Gasteiger partial charge on any atom is -0.491 e. The van der Waals surface area contributed by atoms with E-state index >= 15 is 0 Å². The van der Waals surface area contributed by atoms with Crippen molar-refractivity contribution < 1.29 is 14.6 Å². The van der Waals surface area contributed by atoms with Crippen molar-refractivity contribution in [2.24, 2.45) is 15.7 Å². The van der Waals surface area contributed by atoms with E-state index in [0.29, 0.717) is 36.2 Å². The molecular weight excluding hydrogens is 322 g/mol. The van der Waals surface area contributed by atoms with Crippen molar-refractivity contribution in [1.82, 2.24) is 9.80 Å². The first kappa shape index (κ1) is 16.2. The highest BCUT2D eigenvalue weighted by Crippen LogP contribution is 2.43. The van der Waals surface area contributed by atoms with Crippen molar-refractivity contribution in [3.63, 3.8) is 0 Å². The van der Waals surface area contributed by atoms with E-state index in [2.05, 4.69) is 14.9 Å². The van der Waals surface area contributed by atoms with Crippen LogP contribution in [0, 0.1) is 0 Å². The fraction of sp³-hybridized carbons (Fsp3) is 0.529. The van der Waals surface area contributed by atoms with Gasteiger partial charge < -0.3 is 25.2 Å². The predicted molar refractivity (Wildman–Crippen MR) is 94.9 cm³/mol. The summed E-state index contributed by atoms with van der Waals surface area (Å²) in [5, 5.41) is 10.1. The maximum Gasteiger partial charge on any atom is 0.202 e. The fourth-order valence-corrected chi connectivity index (χ4v) is 3.33. The third kappa shape index (κ3) is 2.91. The summed E-state index contributed by atoms with van der Waals surface area (Å²) in [6, 6.07) is 3.76. The number of hydrogen-bond donors (Lipinski definition) is 2. The number of amidine groups is 1. The maximum atomic E-state index is 10.1. The van der Waals surface area contributed by atoms with Crippen LogP contribution in [0.2, 0.25) is 0 Å². The molecule has 0 saturated carbocycles. The van der Waals surface area contributed by atoms with Gasteiger partial charge in [-0.25, -0.2) is 4.99 Å². The molecule has 1 fully saturated rings. The minimum atomic E-state index is -0.538. The Morgan fingerprint density at radius 1 is 1.32 bits per heavy atom. The Kier molecular flexibility index (Phi) is 4.22. The number of aliphatic hydroxyl groups is 1. The van der Waals surface area contributed by atoms with E-state index in [1.165, 1.54) is 6.42 Å². The summed E-state index contributed by atoms with van der Waals surface area (Å²) in [7, 11) is 1.58. The summed E-state index contributed by atoms with van der Waals surface area (Å²) in [4.78, 5) is 13.1. The second-order valence-electron chi connectivity index (χ2n) is 6.44. The Balaban J connectivity index is 1.55. The van der Waals surface area contributed by atoms with Gasteiger partial charge in [0.15, 0.2) is 11.5 Å². The molecule has 8 nitrogen and oxygen atoms in total. The summed E-state index contributed by atoms with van der Waals surface area (Å²) < 4.78 is 11.3. The molecule has 3 aliphatic heterocycles. The van der Waals surface area contributed by atoms with Gasteiger partial charge in [0.1, 0.15) is 24.2 Å². The van der Waals surface area contributed by atoms with Gasteiger partial charge >= 0.3 is 0 Å². The van der Waals surface area contributed by atoms with E-state index in [1.54, 1.807) is 7.11 Å². The molecule has 3 heterocycles. The number of hydrogen-bond acceptors (Lipinski definition) is 8. The summed E-state index contributed by atoms with van der Waals surface area (Å²) in [6.07, 6.45) is 0.663. The van der Waals surface area contributed by atoms with Gasteiger partial charge in [-0.2, -0.15) is 0 Å². The molecule has 1 saturated heterocycles. The van der Waals surface area contributed by atoms with Crippen LogP contribution in [-0.4, -0.2) is 79.2 Å². The number of rotatable bonds is 6. The largest absolute Gasteiger partial charge is 0.491 e. The van der Waals surface area contributed by atoms with Crippen LogP contribution in [0.4, 0.5) is 5.69 Å². The topological polar surface area (TPSA) is 95.9 Å². The van der Waals surface area contributed by atoms with Gasteiger partial charge in [0.2, 0.25) is 5.96 Å². The van der Waals surface area contributed by atoms with Gasteiger partial charge in [-0.1, -0.05) is 0 Å². The third-order valence-electron chi connectivity index (χ3n) is 4.73. The van der Waals surface area contributed by atoms with Gasteiger partial charge in [0.25, 0.3) is 0 Å². The van der Waals surface area contributed by atoms with E-state index in [1.807, 2.05) is 17.0 Å². The second-order valence-corrected chi connectivity index (χ2v) is 6.44. The monoisotopic (exact) mass is 345 g/mol. The average molecular weight is 345 g/mol. The number of guanidine groups is 1. The summed E-state index contributed by atoms with van der Waals surface area (Å²) in [5.74, 6) is 2.31. The molecule has 0 spiro atoms. The lowest BCUT2D eigenvalue weighted by molar-refractivity contribution is 0.0460. The quantitative estimate of drug-likeness (QED) is 0.763. The van der Waals surface area contributed by atoms with Gasteiger partial charge in [0, 0.05) is 18.7 Å². The smallest absolute Gasteiger partial charge is 0.202 e. The molecule has 1 aromatic rings. The van der Waals surface area contributed by atoms with Gasteiger partial charge in [-0.15, -0.1) is 0 Å². The summed E-state index contributed by atoms with van der Waals surface area (Å²) >= 11 is 0. The van der Waals surface area contributed by atoms with E-state index in [0.717, 1.165) is 31.0 Å². The molecule has 0 radical (unpaired) electrons. The van der Waals surface area contributed by atoms with Crippen LogP contribution < -0.4 is 15.2 Å². The van der Waals surface area contributed by atoms with Gasteiger partial charge in [-0.05, 0) is 31.6 Å². The lowest BCUT2D eigenvalue weighted by atomic mass is 10.1. The van der Waals surface area contributed by atoms with Crippen molar-refractivity contribution in [3.8, 4) is 11.5 Å². The highest BCUT2D eigenvalue weighted by molar-refractivity contribution is 6.16. The average Bonchev–Trinajstić information content (AvgIpc) is 3.06. The number of nitrogens with zero attached hydrogens (tertiary/aromatic N) is 4. The highest BCUT2D eigenvalue weighted by Gasteiger charge is 2.31. The van der Waals surface area contributed by atoms with Crippen LogP contribution in [0.5, 0.6) is 11.5 Å². The molecule has 1 atom stereocenters. The van der Waals surface area contributed by atoms with Crippen LogP contribution in [0.15, 0.2) is 22.1 Å². The number of nitrogens with two attached hydrogens (primary N) is 1. The Bertz CT molecular complexity index is 729. The molecule has 0 aliphatic carbocycles. The maximum absolute atomic E-state index is 10.1. The van der Waals surface area contributed by atoms with Crippen molar-refractivity contribution in [2.45, 2.75) is 12.5 Å². The molecular formula is C17H23N5O3. The number of ether oxygens (including phenoxy) is 2. The predicted octanol–water partition coefficient (Wildman–Crippen LogP) is 0.163. The van der Waals surface area contributed by atoms with Crippen LogP contribution >= 0.6 is 0 Å². The Morgan fingerprint density at radius 2 is 2.16 bits per heavy atom. The van der Waals surface area contributed by atoms with E-state index < -0.39 is 6.10 Å². The van der Waals surface area contributed by atoms with Crippen LogP contribution in [0.3, 0.4) is 0 Å². The molecule has 3 aliphatic rings. The first-order valence-corrected chi connectivity index (χ1v) is 8.58. The SMILES string of the molecule is COc1c(OC[C@H](O)CN2CCC2)ccc2c1N=C(N)N1CCN=C21. The number of aliphatic hydroxyl groups excluding tert-OH is 1. The van der Waals surface area contributed by atoms with Gasteiger partial charge in [0.05, 0.1) is 13.7 Å². The minimum absolute atomic E-state index is 0.206. The second kappa shape index (κ2) is 6.53. The van der Waals surface area contributed by atoms with Gasteiger partial charge in [-0.3, -0.25) is 9.89 Å². The van der Waals surface area contributed by atoms with Crippen molar-refractivity contribution in [3.05, 3.63) is 17.7 Å². The Hall–Kier alpha value is -2.32. The zero-order valence-electron chi connectivity index (χ0n) is 14.3. The number of aliphatic imine (C=N–C) groups is 2. The number of fused-ring (bicyclic) bond motifs is 3. The number of likely N-dealkylation sites (tertiary alicyclic amines) is 1. The standard InChI is InChI=1S/C17H23N5O3/c1-24-15-13(25-10-11(23)9-21-6-2-7-21)4-3-12-14(15)20-17(18)22-8-5-19-16(12)22/h3-4,11,23H,2,5-10H2,1H3,(H2,18,20)/t11-/m1/s1. The zero-order chi connectivity index (χ0) is 17.4. The van der Waals surface area contributed by atoms with Crippen LogP contribution in [-0.2, 0) is 0 Å². The molecule has 0 aromatic heterocycles. The fourth-order valence-electron chi connectivity index (χ4n) is 3.33. The summed E-state index contributed by atoms with van der Waals surface area (Å²) in [6.45, 7) is 4.38.